The number of halogens is 4. The third kappa shape index (κ3) is 6.32. The van der Waals surface area contributed by atoms with Gasteiger partial charge in [0.15, 0.2) is 11.6 Å². The van der Waals surface area contributed by atoms with Crippen LogP contribution in [0.4, 0.5) is 29.3 Å². The lowest BCUT2D eigenvalue weighted by Crippen LogP contribution is -2.52. The van der Waals surface area contributed by atoms with Crippen LogP contribution in [0.1, 0.15) is 13.8 Å². The number of nitrogens with zero attached hydrogens (tertiary/aromatic N) is 6. The first-order valence-corrected chi connectivity index (χ1v) is 12.6. The van der Waals surface area contributed by atoms with E-state index in [0.717, 1.165) is 6.08 Å². The molecule has 4 rings (SSSR count). The molecule has 0 aliphatic carbocycles. The highest BCUT2D eigenvalue weighted by Gasteiger charge is 2.38. The van der Waals surface area contributed by atoms with Crippen molar-refractivity contribution in [3.05, 3.63) is 53.6 Å². The van der Waals surface area contributed by atoms with Gasteiger partial charge in [0.25, 0.3) is 0 Å². The molecule has 3 heterocycles. The molecule has 0 saturated carbocycles. The van der Waals surface area contributed by atoms with Crippen molar-refractivity contribution in [1.29, 1.82) is 0 Å². The van der Waals surface area contributed by atoms with Crippen LogP contribution in [-0.2, 0) is 4.74 Å². The van der Waals surface area contributed by atoms with Gasteiger partial charge in [0, 0.05) is 50.4 Å². The molecule has 2 aliphatic heterocycles. The normalized spacial score (nSPS) is 19.4. The number of rotatable bonds is 7. The first-order chi connectivity index (χ1) is 18.7. The second kappa shape index (κ2) is 12.0. The van der Waals surface area contributed by atoms with Crippen molar-refractivity contribution < 1.29 is 27.0 Å². The second-order valence-corrected chi connectivity index (χ2v) is 9.24. The van der Waals surface area contributed by atoms with Crippen molar-refractivity contribution in [2.45, 2.75) is 26.1 Å². The number of morpholine rings is 1. The minimum atomic E-state index is -4.56. The molecule has 0 amide bonds. The molecule has 2 saturated heterocycles. The minimum absolute atomic E-state index is 0.127. The number of hydrogen-bond acceptors (Lipinski definition) is 8. The molecule has 0 spiro atoms. The van der Waals surface area contributed by atoms with Crippen molar-refractivity contribution in [2.75, 3.05) is 62.8 Å². The molecular weight excluding hydrogens is 516 g/mol. The number of allylic oxidation sites excluding steroid dienone is 3. The predicted molar refractivity (Wildman–Crippen MR) is 143 cm³/mol. The van der Waals surface area contributed by atoms with Crippen LogP contribution < -0.4 is 14.5 Å². The molecule has 39 heavy (non-hydrogen) atoms. The van der Waals surface area contributed by atoms with Gasteiger partial charge in [0.1, 0.15) is 11.6 Å². The summed E-state index contributed by atoms with van der Waals surface area (Å²) in [5.74, 6) is 0.506. The maximum absolute atomic E-state index is 14.6. The molecule has 1 atom stereocenters. The summed E-state index contributed by atoms with van der Waals surface area (Å²) in [6, 6.07) is 6.19. The number of hydrogen-bond donors (Lipinski definition) is 0. The van der Waals surface area contributed by atoms with E-state index < -0.39 is 17.6 Å². The van der Waals surface area contributed by atoms with Gasteiger partial charge in [-0.25, -0.2) is 14.4 Å². The Kier molecular flexibility index (Phi) is 8.73. The van der Waals surface area contributed by atoms with Gasteiger partial charge in [-0.05, 0) is 38.8 Å². The Morgan fingerprint density at radius 2 is 1.90 bits per heavy atom. The van der Waals surface area contributed by atoms with E-state index in [1.165, 1.54) is 26.2 Å². The van der Waals surface area contributed by atoms with Gasteiger partial charge in [-0.1, -0.05) is 12.2 Å². The van der Waals surface area contributed by atoms with E-state index in [4.69, 9.17) is 19.4 Å². The molecule has 1 aromatic heterocycles. The molecule has 2 aliphatic rings. The van der Waals surface area contributed by atoms with Gasteiger partial charge in [-0.2, -0.15) is 18.2 Å². The van der Waals surface area contributed by atoms with Crippen LogP contribution in [0.15, 0.2) is 52.8 Å². The topological polar surface area (TPSA) is 66.3 Å². The van der Waals surface area contributed by atoms with Crippen LogP contribution in [0, 0.1) is 5.82 Å². The average Bonchev–Trinajstić information content (AvgIpc) is 2.92. The number of piperazine rings is 1. The highest BCUT2D eigenvalue weighted by Crippen LogP contribution is 2.34. The molecular formula is C27H32F4N6O2. The molecule has 0 radical (unpaired) electrons. The highest BCUT2D eigenvalue weighted by atomic mass is 19.4. The van der Waals surface area contributed by atoms with Crippen LogP contribution in [-0.4, -0.2) is 86.9 Å². The molecule has 2 aromatic rings. The molecule has 12 heteroatoms. The van der Waals surface area contributed by atoms with Gasteiger partial charge in [0.05, 0.1) is 31.6 Å². The lowest BCUT2D eigenvalue weighted by molar-refractivity contribution is -0.0904. The SMILES string of the molecule is C=N/C(=C(\C=C/C)C(F)(F)F)N1CCN(c2cc(-c3ccc(OC)c(F)c3)nc(N3CCOCC3)n2)[C@H](C)C1. The van der Waals surface area contributed by atoms with Crippen LogP contribution in [0.2, 0.25) is 0 Å². The van der Waals surface area contributed by atoms with Crippen LogP contribution in [0.3, 0.4) is 0 Å². The van der Waals surface area contributed by atoms with E-state index in [1.807, 2.05) is 16.7 Å². The molecule has 0 N–H and O–H groups in total. The summed E-state index contributed by atoms with van der Waals surface area (Å²) < 4.78 is 66.3. The quantitative estimate of drug-likeness (QED) is 0.283. The Morgan fingerprint density at radius 1 is 1.15 bits per heavy atom. The van der Waals surface area contributed by atoms with Crippen LogP contribution >= 0.6 is 0 Å². The summed E-state index contributed by atoms with van der Waals surface area (Å²) in [5.41, 5.74) is 0.250. The molecule has 0 bridgehead atoms. The van der Waals surface area contributed by atoms with Gasteiger partial charge < -0.3 is 24.2 Å². The Hall–Kier alpha value is -3.67. The second-order valence-electron chi connectivity index (χ2n) is 9.24. The number of benzene rings is 1. The minimum Gasteiger partial charge on any atom is -0.494 e. The fourth-order valence-corrected chi connectivity index (χ4v) is 4.76. The fraction of sp³-hybridized carbons (Fsp3) is 0.444. The monoisotopic (exact) mass is 548 g/mol. The number of aliphatic imine (C=N–C) groups is 1. The number of alkyl halides is 3. The summed E-state index contributed by atoms with van der Waals surface area (Å²) >= 11 is 0. The van der Waals surface area contributed by atoms with Crippen molar-refractivity contribution >= 4 is 18.5 Å². The number of anilines is 2. The number of aromatic nitrogens is 2. The molecule has 0 unspecified atom stereocenters. The van der Waals surface area contributed by atoms with Crippen LogP contribution in [0.5, 0.6) is 5.75 Å². The van der Waals surface area contributed by atoms with E-state index in [1.54, 1.807) is 23.1 Å². The van der Waals surface area contributed by atoms with Crippen molar-refractivity contribution in [3.63, 3.8) is 0 Å². The standard InChI is InChI=1S/C27H32F4N6O2/c1-5-6-20(27(29,30)31)25(32-3)36-9-10-37(18(2)17-36)24-16-22(19-7-8-23(38-4)21(28)15-19)33-26(34-24)35-11-13-39-14-12-35/h5-8,15-16,18H,3,9-14,17H2,1-2,4H3/b6-5-,25-20-/t18-/m1/s1. The maximum Gasteiger partial charge on any atom is 0.419 e. The summed E-state index contributed by atoms with van der Waals surface area (Å²) in [7, 11) is 1.40. The molecule has 2 fully saturated rings. The van der Waals surface area contributed by atoms with E-state index in [-0.39, 0.29) is 30.7 Å². The number of methoxy groups -OCH3 is 1. The summed E-state index contributed by atoms with van der Waals surface area (Å²) in [4.78, 5) is 18.9. The third-order valence-corrected chi connectivity index (χ3v) is 6.69. The third-order valence-electron chi connectivity index (χ3n) is 6.69. The largest absolute Gasteiger partial charge is 0.494 e. The van der Waals surface area contributed by atoms with Crippen LogP contribution in [0.25, 0.3) is 11.3 Å². The Morgan fingerprint density at radius 3 is 2.49 bits per heavy atom. The van der Waals surface area contributed by atoms with Gasteiger partial charge in [-0.3, -0.25) is 0 Å². The van der Waals surface area contributed by atoms with E-state index >= 15 is 0 Å². The first-order valence-electron chi connectivity index (χ1n) is 12.6. The van der Waals surface area contributed by atoms with E-state index in [2.05, 4.69) is 11.7 Å². The van der Waals surface area contributed by atoms with Crippen molar-refractivity contribution in [1.82, 2.24) is 14.9 Å². The average molecular weight is 549 g/mol. The van der Waals surface area contributed by atoms with Gasteiger partial charge >= 0.3 is 6.18 Å². The molecule has 210 valence electrons. The van der Waals surface area contributed by atoms with E-state index in [9.17, 15) is 17.6 Å². The summed E-state index contributed by atoms with van der Waals surface area (Å²) in [6.45, 7) is 10.1. The maximum atomic E-state index is 14.6. The Balaban J connectivity index is 1.69. The predicted octanol–water partition coefficient (Wildman–Crippen LogP) is 4.69. The zero-order chi connectivity index (χ0) is 28.2. The molecule has 8 nitrogen and oxygen atoms in total. The van der Waals surface area contributed by atoms with E-state index in [0.29, 0.717) is 55.9 Å². The van der Waals surface area contributed by atoms with Gasteiger partial charge in [-0.15, -0.1) is 0 Å². The van der Waals surface area contributed by atoms with Crippen molar-refractivity contribution in [2.24, 2.45) is 4.99 Å². The summed E-state index contributed by atoms with van der Waals surface area (Å²) in [6.07, 6.45) is -2.21. The lowest BCUT2D eigenvalue weighted by Gasteiger charge is -2.42. The fourth-order valence-electron chi connectivity index (χ4n) is 4.76. The zero-order valence-corrected chi connectivity index (χ0v) is 22.2. The van der Waals surface area contributed by atoms with Crippen molar-refractivity contribution in [3.8, 4) is 17.0 Å². The first kappa shape index (κ1) is 28.3. The number of ether oxygens (including phenoxy) is 2. The lowest BCUT2D eigenvalue weighted by atomic mass is 10.1. The smallest absolute Gasteiger partial charge is 0.419 e. The Bertz CT molecular complexity index is 1240. The van der Waals surface area contributed by atoms with Gasteiger partial charge in [0.2, 0.25) is 5.95 Å². The summed E-state index contributed by atoms with van der Waals surface area (Å²) in [5, 5.41) is 0. The highest BCUT2D eigenvalue weighted by molar-refractivity contribution is 5.66. The molecule has 1 aromatic carbocycles. The zero-order valence-electron chi connectivity index (χ0n) is 22.2. The Labute approximate surface area is 225 Å².